The highest BCUT2D eigenvalue weighted by Gasteiger charge is 2.47. The second-order valence-electron chi connectivity index (χ2n) is 8.27. The number of imidazole rings is 1. The summed E-state index contributed by atoms with van der Waals surface area (Å²) < 4.78 is 7.03. The maximum atomic E-state index is 12.2. The van der Waals surface area contributed by atoms with Gasteiger partial charge in [-0.05, 0) is 38.8 Å². The third-order valence-electron chi connectivity index (χ3n) is 6.01. The van der Waals surface area contributed by atoms with Crippen molar-refractivity contribution in [2.45, 2.75) is 44.3 Å². The molecular weight excluding hydrogens is 446 g/mol. The summed E-state index contributed by atoms with van der Waals surface area (Å²) >= 11 is 0. The Balaban J connectivity index is 1.52. The second-order valence-corrected chi connectivity index (χ2v) is 8.27. The number of carboxylic acids is 1. The number of rotatable bonds is 5. The van der Waals surface area contributed by atoms with Crippen molar-refractivity contribution in [1.82, 2.24) is 29.7 Å². The number of likely N-dealkylation sites (N-methyl/N-ethyl adjacent to an activating group) is 1. The van der Waals surface area contributed by atoms with Gasteiger partial charge in [0.1, 0.15) is 17.7 Å². The Bertz CT molecular complexity index is 1130. The number of ether oxygens (including phenoxy) is 1. The number of aliphatic carboxylic acids is 1. The van der Waals surface area contributed by atoms with Crippen LogP contribution in [0.25, 0.3) is 11.2 Å². The molecule has 182 valence electrons. The van der Waals surface area contributed by atoms with Crippen molar-refractivity contribution >= 4 is 28.9 Å². The Kier molecular flexibility index (Phi) is 6.94. The van der Waals surface area contributed by atoms with E-state index in [1.807, 2.05) is 0 Å². The van der Waals surface area contributed by atoms with Crippen LogP contribution in [0.15, 0.2) is 6.33 Å². The third kappa shape index (κ3) is 4.66. The molecule has 2 aromatic heterocycles. The van der Waals surface area contributed by atoms with Crippen LogP contribution in [0.3, 0.4) is 0 Å². The zero-order valence-corrected chi connectivity index (χ0v) is 18.6. The number of carbonyl (C=O) groups excluding carboxylic acids is 1. The van der Waals surface area contributed by atoms with Gasteiger partial charge < -0.3 is 31.1 Å². The van der Waals surface area contributed by atoms with Crippen molar-refractivity contribution in [1.29, 1.82) is 0 Å². The molecule has 34 heavy (non-hydrogen) atoms. The molecule has 0 radical (unpaired) electrons. The van der Waals surface area contributed by atoms with E-state index in [9.17, 15) is 19.8 Å². The first-order valence-electron chi connectivity index (χ1n) is 11.0. The summed E-state index contributed by atoms with van der Waals surface area (Å²) in [5, 5.41) is 32.5. The predicted molar refractivity (Wildman–Crippen MR) is 118 cm³/mol. The number of nitrogens with two attached hydrogens (primary N) is 1. The standard InChI is InChI=1S/C21H27N7O6/c1-2-23-19(31)16-14(29)15(30)20(34-16)28-10-24-13-17(22)25-12(26-18(13)28)4-3-7-27-8-5-11(6-9-27)21(32)33/h10-11,14-16,20,29-30H,2,5-9H2,1H3,(H,23,31)(H,32,33)(H2,22,25,26)/t14?,15?,16-,20+/m0/s1. The van der Waals surface area contributed by atoms with Crippen LogP contribution in [0.1, 0.15) is 31.8 Å². The summed E-state index contributed by atoms with van der Waals surface area (Å²) in [7, 11) is 0. The molecule has 2 aliphatic rings. The number of anilines is 1. The SMILES string of the molecule is CCNC(=O)[C@H]1O[C@@H](n2cnc3c(N)nc(C#CCN4CCC(C(=O)O)CC4)nc32)C(O)C1O. The van der Waals surface area contributed by atoms with E-state index in [2.05, 4.69) is 37.0 Å². The van der Waals surface area contributed by atoms with E-state index < -0.39 is 36.4 Å². The van der Waals surface area contributed by atoms with E-state index in [1.165, 1.54) is 10.9 Å². The molecule has 4 rings (SSSR count). The fourth-order valence-corrected chi connectivity index (χ4v) is 4.13. The summed E-state index contributed by atoms with van der Waals surface area (Å²) in [5.74, 6) is 4.47. The second kappa shape index (κ2) is 9.90. The molecule has 0 saturated carbocycles. The van der Waals surface area contributed by atoms with E-state index in [4.69, 9.17) is 15.6 Å². The first-order valence-corrected chi connectivity index (χ1v) is 11.0. The summed E-state index contributed by atoms with van der Waals surface area (Å²) in [6.45, 7) is 3.80. The van der Waals surface area contributed by atoms with Gasteiger partial charge in [-0.1, -0.05) is 5.92 Å². The molecule has 2 saturated heterocycles. The van der Waals surface area contributed by atoms with Crippen molar-refractivity contribution in [3.63, 3.8) is 0 Å². The van der Waals surface area contributed by atoms with E-state index in [0.717, 1.165) is 0 Å². The highest BCUT2D eigenvalue weighted by Crippen LogP contribution is 2.32. The van der Waals surface area contributed by atoms with Gasteiger partial charge in [-0.3, -0.25) is 19.1 Å². The van der Waals surface area contributed by atoms with Gasteiger partial charge >= 0.3 is 5.97 Å². The molecule has 1 amide bonds. The smallest absolute Gasteiger partial charge is 0.306 e. The number of nitrogen functional groups attached to an aromatic ring is 1. The van der Waals surface area contributed by atoms with Gasteiger partial charge in [0.05, 0.1) is 18.8 Å². The van der Waals surface area contributed by atoms with Crippen molar-refractivity contribution in [3.05, 3.63) is 12.2 Å². The average molecular weight is 473 g/mol. The number of aliphatic hydroxyl groups excluding tert-OH is 2. The predicted octanol–water partition coefficient (Wildman–Crippen LogP) is -1.69. The number of amides is 1. The minimum atomic E-state index is -1.43. The molecule has 0 aliphatic carbocycles. The van der Waals surface area contributed by atoms with Crippen LogP contribution in [-0.2, 0) is 14.3 Å². The number of hydrogen-bond donors (Lipinski definition) is 5. The molecule has 2 fully saturated rings. The maximum absolute atomic E-state index is 12.2. The van der Waals surface area contributed by atoms with E-state index >= 15 is 0 Å². The number of carboxylic acid groups (broad SMARTS) is 1. The zero-order chi connectivity index (χ0) is 24.4. The minimum absolute atomic E-state index is 0.0867. The number of piperidine rings is 1. The van der Waals surface area contributed by atoms with Crippen molar-refractivity contribution in [2.24, 2.45) is 5.92 Å². The number of likely N-dealkylation sites (tertiary alicyclic amines) is 1. The summed E-state index contributed by atoms with van der Waals surface area (Å²) in [5.41, 5.74) is 6.54. The number of aliphatic hydroxyl groups is 2. The van der Waals surface area contributed by atoms with Crippen LogP contribution in [0, 0.1) is 17.8 Å². The molecule has 4 atom stereocenters. The Labute approximate surface area is 194 Å². The molecule has 0 bridgehead atoms. The fraction of sp³-hybridized carbons (Fsp3) is 0.571. The van der Waals surface area contributed by atoms with Crippen molar-refractivity contribution < 1.29 is 29.6 Å². The van der Waals surface area contributed by atoms with Gasteiger partial charge in [0.2, 0.25) is 5.82 Å². The van der Waals surface area contributed by atoms with Gasteiger partial charge in [-0.2, -0.15) is 0 Å². The van der Waals surface area contributed by atoms with Crippen LogP contribution in [0.5, 0.6) is 0 Å². The van der Waals surface area contributed by atoms with Crippen molar-refractivity contribution in [3.8, 4) is 11.8 Å². The monoisotopic (exact) mass is 473 g/mol. The molecule has 13 nitrogen and oxygen atoms in total. The maximum Gasteiger partial charge on any atom is 0.306 e. The number of nitrogens with zero attached hydrogens (tertiary/aromatic N) is 5. The van der Waals surface area contributed by atoms with Crippen LogP contribution in [-0.4, -0.2) is 96.1 Å². The first-order chi connectivity index (χ1) is 16.3. The number of carbonyl (C=O) groups is 2. The van der Waals surface area contributed by atoms with Gasteiger partial charge in [-0.15, -0.1) is 0 Å². The topological polar surface area (TPSA) is 189 Å². The molecule has 2 aromatic rings. The average Bonchev–Trinajstić information content (AvgIpc) is 3.36. The molecule has 4 heterocycles. The van der Waals surface area contributed by atoms with E-state index in [0.29, 0.717) is 39.0 Å². The van der Waals surface area contributed by atoms with E-state index in [-0.39, 0.29) is 28.7 Å². The normalized spacial score (nSPS) is 25.7. The lowest BCUT2D eigenvalue weighted by Crippen LogP contribution is -2.42. The third-order valence-corrected chi connectivity index (χ3v) is 6.01. The van der Waals surface area contributed by atoms with Gasteiger partial charge in [-0.25, -0.2) is 15.0 Å². The van der Waals surface area contributed by atoms with Gasteiger partial charge in [0.15, 0.2) is 23.8 Å². The number of fused-ring (bicyclic) bond motifs is 1. The molecule has 2 aliphatic heterocycles. The van der Waals surface area contributed by atoms with Crippen LogP contribution < -0.4 is 11.1 Å². The molecular formula is C21H27N7O6. The molecule has 6 N–H and O–H groups in total. The lowest BCUT2D eigenvalue weighted by Gasteiger charge is -2.28. The van der Waals surface area contributed by atoms with Crippen LogP contribution in [0.2, 0.25) is 0 Å². The summed E-state index contributed by atoms with van der Waals surface area (Å²) in [6, 6.07) is 0. The van der Waals surface area contributed by atoms with E-state index in [1.54, 1.807) is 6.92 Å². The minimum Gasteiger partial charge on any atom is -0.481 e. The van der Waals surface area contributed by atoms with Gasteiger partial charge in [0.25, 0.3) is 5.91 Å². The Morgan fingerprint density at radius 2 is 2.00 bits per heavy atom. The van der Waals surface area contributed by atoms with Crippen molar-refractivity contribution in [2.75, 3.05) is 31.9 Å². The molecule has 13 heteroatoms. The zero-order valence-electron chi connectivity index (χ0n) is 18.6. The quantitative estimate of drug-likeness (QED) is 0.312. The summed E-state index contributed by atoms with van der Waals surface area (Å²) in [6.07, 6.45) is -2.68. The van der Waals surface area contributed by atoms with Crippen LogP contribution in [0.4, 0.5) is 5.82 Å². The molecule has 2 unspecified atom stereocenters. The summed E-state index contributed by atoms with van der Waals surface area (Å²) in [4.78, 5) is 38.0. The Hall–Kier alpha value is -3.31. The Morgan fingerprint density at radius 3 is 2.68 bits per heavy atom. The van der Waals surface area contributed by atoms with Crippen LogP contribution >= 0.6 is 0 Å². The molecule has 0 spiro atoms. The highest BCUT2D eigenvalue weighted by atomic mass is 16.6. The number of hydrogen-bond acceptors (Lipinski definition) is 10. The largest absolute Gasteiger partial charge is 0.481 e. The Morgan fingerprint density at radius 1 is 1.26 bits per heavy atom. The number of aromatic nitrogens is 4. The van der Waals surface area contributed by atoms with Gasteiger partial charge in [0, 0.05) is 6.54 Å². The number of nitrogens with one attached hydrogen (secondary N) is 1. The highest BCUT2D eigenvalue weighted by molar-refractivity contribution is 5.83. The molecule has 0 aromatic carbocycles. The lowest BCUT2D eigenvalue weighted by molar-refractivity contribution is -0.143. The fourth-order valence-electron chi connectivity index (χ4n) is 4.13. The lowest BCUT2D eigenvalue weighted by atomic mass is 9.97. The first kappa shape index (κ1) is 23.8.